The van der Waals surface area contributed by atoms with Gasteiger partial charge in [-0.1, -0.05) is 24.3 Å². The number of anilines is 3. The number of nitro benzene ring substituents is 1. The van der Waals surface area contributed by atoms with Crippen molar-refractivity contribution in [2.75, 3.05) is 53.4 Å². The summed E-state index contributed by atoms with van der Waals surface area (Å²) < 4.78 is 45.0. The Hall–Kier alpha value is -6.06. The fraction of sp³-hybridized carbons (Fsp3) is 0.233. The summed E-state index contributed by atoms with van der Waals surface area (Å²) in [6.07, 6.45) is 5.90. The number of allylic oxidation sites excluding steroid dienone is 4. The standard InChI is InChI=1S/C43H44FN7O5S2/c1-29-40(43(45)52)41(42(48(29)2)30-11-13-32(44)14-12-30)31-7-6-8-35(27-31)50-24-22-49(23-25-50)34-17-15-33(16-18-34)47-58(55,56)37-19-20-38(39(28-37)51(53)54)46-21-26-57-36-9-4-3-5-10-36/h3-5,7,9-20,27-28,46-47H,6,8,21-26H2,1-2H3,(H2,45,52). The Balaban J connectivity index is 0.986. The maximum Gasteiger partial charge on any atom is 0.293 e. The number of hydrogen-bond acceptors (Lipinski definition) is 9. The summed E-state index contributed by atoms with van der Waals surface area (Å²) in [4.78, 5) is 29.6. The van der Waals surface area contributed by atoms with Crippen molar-refractivity contribution in [3.05, 3.63) is 148 Å². The molecule has 0 unspecified atom stereocenters. The number of nitrogens with zero attached hydrogens (tertiary/aromatic N) is 4. The van der Waals surface area contributed by atoms with E-state index >= 15 is 0 Å². The van der Waals surface area contributed by atoms with Gasteiger partial charge in [0.2, 0.25) is 0 Å². The first-order valence-corrected chi connectivity index (χ1v) is 21.4. The fourth-order valence-corrected chi connectivity index (χ4v) is 9.36. The predicted molar refractivity (Wildman–Crippen MR) is 229 cm³/mol. The van der Waals surface area contributed by atoms with Gasteiger partial charge in [0.15, 0.2) is 0 Å². The number of hydrogen-bond donors (Lipinski definition) is 3. The van der Waals surface area contributed by atoms with Crippen molar-refractivity contribution in [1.82, 2.24) is 9.47 Å². The van der Waals surface area contributed by atoms with Crippen LogP contribution in [-0.2, 0) is 17.1 Å². The number of nitrogens with two attached hydrogens (primary N) is 1. The third kappa shape index (κ3) is 8.75. The number of benzene rings is 4. The number of carbonyl (C=O) groups is 1. The van der Waals surface area contributed by atoms with Crippen molar-refractivity contribution >= 4 is 56.0 Å². The van der Waals surface area contributed by atoms with Crippen molar-refractivity contribution < 1.29 is 22.5 Å². The van der Waals surface area contributed by atoms with Gasteiger partial charge in [0.05, 0.1) is 21.1 Å². The Morgan fingerprint density at radius 2 is 1.64 bits per heavy atom. The topological polar surface area (TPSA) is 156 Å². The second kappa shape index (κ2) is 17.2. The van der Waals surface area contributed by atoms with Crippen molar-refractivity contribution in [1.29, 1.82) is 0 Å². The van der Waals surface area contributed by atoms with Gasteiger partial charge in [-0.05, 0) is 110 Å². The Morgan fingerprint density at radius 1 is 0.948 bits per heavy atom. The number of thioether (sulfide) groups is 1. The molecule has 4 aromatic carbocycles. The minimum atomic E-state index is -4.12. The molecule has 1 amide bonds. The second-order valence-corrected chi connectivity index (χ2v) is 16.9. The molecule has 1 aliphatic heterocycles. The third-order valence-corrected chi connectivity index (χ3v) is 12.9. The molecule has 0 atom stereocenters. The van der Waals surface area contributed by atoms with Crippen molar-refractivity contribution in [2.45, 2.75) is 29.6 Å². The van der Waals surface area contributed by atoms with E-state index in [0.29, 0.717) is 23.5 Å². The van der Waals surface area contributed by atoms with Gasteiger partial charge >= 0.3 is 0 Å². The van der Waals surface area contributed by atoms with Crippen LogP contribution in [-0.4, -0.2) is 67.2 Å². The molecule has 0 radical (unpaired) electrons. The largest absolute Gasteiger partial charge is 0.379 e. The van der Waals surface area contributed by atoms with E-state index in [1.165, 1.54) is 24.3 Å². The van der Waals surface area contributed by atoms with Crippen LogP contribution in [0.4, 0.5) is 27.1 Å². The molecule has 2 aliphatic rings. The van der Waals surface area contributed by atoms with Crippen LogP contribution in [0.5, 0.6) is 0 Å². The number of aromatic nitrogens is 1. The summed E-state index contributed by atoms with van der Waals surface area (Å²) in [7, 11) is -2.23. The number of carbonyl (C=O) groups excluding carboxylic acids is 1. The zero-order valence-corrected chi connectivity index (χ0v) is 33.8. The first kappa shape index (κ1) is 40.1. The van der Waals surface area contributed by atoms with Gasteiger partial charge in [0.1, 0.15) is 11.5 Å². The number of primary amides is 1. The lowest BCUT2D eigenvalue weighted by Crippen LogP contribution is -2.46. The monoisotopic (exact) mass is 821 g/mol. The first-order chi connectivity index (χ1) is 27.9. The van der Waals surface area contributed by atoms with Gasteiger partial charge in [-0.25, -0.2) is 12.8 Å². The molecule has 12 nitrogen and oxygen atoms in total. The Morgan fingerprint density at radius 3 is 2.31 bits per heavy atom. The van der Waals surface area contributed by atoms with E-state index in [0.717, 1.165) is 89.5 Å². The van der Waals surface area contributed by atoms with Gasteiger partial charge in [0, 0.05) is 84.8 Å². The van der Waals surface area contributed by atoms with E-state index in [-0.39, 0.29) is 22.1 Å². The number of amides is 1. The van der Waals surface area contributed by atoms with E-state index in [2.05, 4.69) is 32.0 Å². The number of rotatable bonds is 14. The minimum absolute atomic E-state index is 0.210. The average Bonchev–Trinajstić information content (AvgIpc) is 3.50. The highest BCUT2D eigenvalue weighted by Gasteiger charge is 2.28. The minimum Gasteiger partial charge on any atom is -0.379 e. The number of nitro groups is 1. The molecular weight excluding hydrogens is 778 g/mol. The molecule has 0 saturated carbocycles. The third-order valence-electron chi connectivity index (χ3n) is 10.5. The summed E-state index contributed by atoms with van der Waals surface area (Å²) in [6.45, 7) is 5.29. The lowest BCUT2D eigenvalue weighted by atomic mass is 9.91. The van der Waals surface area contributed by atoms with E-state index in [1.54, 1.807) is 36.0 Å². The van der Waals surface area contributed by atoms with Crippen LogP contribution in [0, 0.1) is 22.9 Å². The van der Waals surface area contributed by atoms with Gasteiger partial charge in [-0.3, -0.25) is 19.6 Å². The second-order valence-electron chi connectivity index (χ2n) is 14.1. The van der Waals surface area contributed by atoms with Crippen LogP contribution in [0.2, 0.25) is 0 Å². The van der Waals surface area contributed by atoms with Crippen LogP contribution in [0.1, 0.15) is 34.5 Å². The Kier molecular flexibility index (Phi) is 11.9. The van der Waals surface area contributed by atoms with Crippen molar-refractivity contribution in [2.24, 2.45) is 12.8 Å². The average molecular weight is 822 g/mol. The van der Waals surface area contributed by atoms with Gasteiger partial charge < -0.3 is 25.4 Å². The summed E-state index contributed by atoms with van der Waals surface area (Å²) >= 11 is 1.61. The predicted octanol–water partition coefficient (Wildman–Crippen LogP) is 8.04. The Bertz CT molecular complexity index is 2500. The van der Waals surface area contributed by atoms with E-state index in [4.69, 9.17) is 5.73 Å². The number of sulfonamides is 1. The maximum absolute atomic E-state index is 13.9. The Labute approximate surface area is 341 Å². The molecule has 5 aromatic rings. The molecule has 0 bridgehead atoms. The highest BCUT2D eigenvalue weighted by Crippen LogP contribution is 2.39. The summed E-state index contributed by atoms with van der Waals surface area (Å²) in [5, 5.41) is 15.0. The maximum atomic E-state index is 13.9. The van der Waals surface area contributed by atoms with E-state index < -0.39 is 20.9 Å². The summed E-state index contributed by atoms with van der Waals surface area (Å²) in [6, 6.07) is 27.0. The van der Waals surface area contributed by atoms with Gasteiger partial charge in [0.25, 0.3) is 21.6 Å². The van der Waals surface area contributed by atoms with Gasteiger partial charge in [-0.15, -0.1) is 11.8 Å². The quantitative estimate of drug-likeness (QED) is 0.0437. The van der Waals surface area contributed by atoms with E-state index in [9.17, 15) is 27.7 Å². The van der Waals surface area contributed by atoms with Gasteiger partial charge in [-0.2, -0.15) is 0 Å². The van der Waals surface area contributed by atoms with Crippen LogP contribution in [0.15, 0.2) is 125 Å². The molecule has 1 fully saturated rings. The van der Waals surface area contributed by atoms with Crippen LogP contribution in [0.3, 0.4) is 0 Å². The molecule has 7 rings (SSSR count). The smallest absolute Gasteiger partial charge is 0.293 e. The van der Waals surface area contributed by atoms with E-state index in [1.807, 2.05) is 61.0 Å². The zero-order valence-electron chi connectivity index (χ0n) is 32.2. The fourth-order valence-electron chi connectivity index (χ4n) is 7.50. The number of halogens is 1. The lowest BCUT2D eigenvalue weighted by Gasteiger charge is -2.39. The van der Waals surface area contributed by atoms with Crippen LogP contribution in [0.25, 0.3) is 16.8 Å². The highest BCUT2D eigenvalue weighted by molar-refractivity contribution is 7.99. The lowest BCUT2D eigenvalue weighted by molar-refractivity contribution is -0.384. The van der Waals surface area contributed by atoms with Crippen LogP contribution < -0.4 is 20.7 Å². The molecule has 2 heterocycles. The SMILES string of the molecule is Cc1c(C(N)=O)c(C2=CCCC(N3CCN(c4ccc(NS(=O)(=O)c5ccc(NCCSc6ccccc6)c([N+](=O)[O-])c5)cc4)CC3)=C2)c(-c2ccc(F)cc2)n1C. The van der Waals surface area contributed by atoms with Crippen LogP contribution >= 0.6 is 11.8 Å². The summed E-state index contributed by atoms with van der Waals surface area (Å²) in [5.74, 6) is -0.182. The highest BCUT2D eigenvalue weighted by atomic mass is 32.2. The molecule has 1 aliphatic carbocycles. The first-order valence-electron chi connectivity index (χ1n) is 18.9. The molecule has 4 N–H and O–H groups in total. The number of nitrogens with one attached hydrogen (secondary N) is 2. The van der Waals surface area contributed by atoms with Crippen molar-refractivity contribution in [3.8, 4) is 11.3 Å². The molecule has 1 aromatic heterocycles. The molecule has 1 saturated heterocycles. The summed E-state index contributed by atoms with van der Waals surface area (Å²) in [5.41, 5.74) is 12.8. The zero-order chi connectivity index (χ0) is 41.0. The number of piperazine rings is 1. The molecule has 58 heavy (non-hydrogen) atoms. The normalized spacial score (nSPS) is 14.5. The molecule has 300 valence electrons. The van der Waals surface area contributed by atoms with Crippen molar-refractivity contribution in [3.63, 3.8) is 0 Å². The molecular formula is C43H44FN7O5S2. The molecule has 0 spiro atoms. The molecule has 15 heteroatoms.